The molecule has 0 bridgehead atoms. The Morgan fingerprint density at radius 2 is 1.72 bits per heavy atom. The quantitative estimate of drug-likeness (QED) is 0.698. The molecule has 1 saturated carbocycles. The molecule has 1 aliphatic heterocycles. The molecular formula is C22H32FN3O3. The van der Waals surface area contributed by atoms with Crippen molar-refractivity contribution in [3.63, 3.8) is 0 Å². The summed E-state index contributed by atoms with van der Waals surface area (Å²) in [6, 6.07) is 6.69. The van der Waals surface area contributed by atoms with Crippen LogP contribution in [0.25, 0.3) is 0 Å². The van der Waals surface area contributed by atoms with Gasteiger partial charge >= 0.3 is 0 Å². The number of amides is 2. The first-order valence-corrected chi connectivity index (χ1v) is 10.6. The van der Waals surface area contributed by atoms with Crippen molar-refractivity contribution in [2.24, 2.45) is 0 Å². The van der Waals surface area contributed by atoms with Crippen LogP contribution in [-0.4, -0.2) is 79.0 Å². The second kappa shape index (κ2) is 10.7. The van der Waals surface area contributed by atoms with Crippen molar-refractivity contribution < 1.29 is 18.7 Å². The minimum Gasteiger partial charge on any atom is -0.375 e. The lowest BCUT2D eigenvalue weighted by molar-refractivity contribution is -0.139. The van der Waals surface area contributed by atoms with E-state index in [0.717, 1.165) is 31.2 Å². The highest BCUT2D eigenvalue weighted by atomic mass is 19.1. The number of benzene rings is 1. The van der Waals surface area contributed by atoms with Gasteiger partial charge in [-0.3, -0.25) is 14.5 Å². The summed E-state index contributed by atoms with van der Waals surface area (Å²) in [7, 11) is 1.52. The highest BCUT2D eigenvalue weighted by Crippen LogP contribution is 2.24. The molecule has 0 aromatic heterocycles. The van der Waals surface area contributed by atoms with Crippen molar-refractivity contribution in [1.29, 1.82) is 0 Å². The summed E-state index contributed by atoms with van der Waals surface area (Å²) in [5.74, 6) is -0.137. The Morgan fingerprint density at radius 1 is 1.07 bits per heavy atom. The van der Waals surface area contributed by atoms with E-state index in [4.69, 9.17) is 4.74 Å². The van der Waals surface area contributed by atoms with Gasteiger partial charge in [0.2, 0.25) is 11.8 Å². The van der Waals surface area contributed by atoms with Crippen molar-refractivity contribution in [3.8, 4) is 0 Å². The van der Waals surface area contributed by atoms with E-state index in [1.165, 1.54) is 25.7 Å². The van der Waals surface area contributed by atoms with Crippen LogP contribution in [0.2, 0.25) is 0 Å². The predicted octanol–water partition coefficient (Wildman–Crippen LogP) is 2.28. The van der Waals surface area contributed by atoms with Crippen LogP contribution < -0.4 is 0 Å². The highest BCUT2D eigenvalue weighted by molar-refractivity contribution is 5.79. The van der Waals surface area contributed by atoms with Crippen molar-refractivity contribution in [2.45, 2.75) is 44.7 Å². The van der Waals surface area contributed by atoms with Crippen LogP contribution in [0.1, 0.15) is 37.7 Å². The van der Waals surface area contributed by atoms with Gasteiger partial charge in [0.05, 0.1) is 6.54 Å². The molecule has 1 heterocycles. The van der Waals surface area contributed by atoms with Crippen LogP contribution >= 0.6 is 0 Å². The Morgan fingerprint density at radius 3 is 2.34 bits per heavy atom. The summed E-state index contributed by atoms with van der Waals surface area (Å²) < 4.78 is 18.2. The number of hydrogen-bond donors (Lipinski definition) is 0. The van der Waals surface area contributed by atoms with Crippen molar-refractivity contribution in [1.82, 2.24) is 14.7 Å². The fourth-order valence-electron chi connectivity index (χ4n) is 4.25. The highest BCUT2D eigenvalue weighted by Gasteiger charge is 2.28. The number of nitrogens with zero attached hydrogens (tertiary/aromatic N) is 3. The van der Waals surface area contributed by atoms with Crippen LogP contribution in [0.5, 0.6) is 0 Å². The molecule has 6 nitrogen and oxygen atoms in total. The second-order valence-electron chi connectivity index (χ2n) is 8.03. The zero-order chi connectivity index (χ0) is 20.6. The Balaban J connectivity index is 1.59. The van der Waals surface area contributed by atoms with E-state index in [1.807, 2.05) is 4.90 Å². The third kappa shape index (κ3) is 6.24. The molecule has 0 N–H and O–H groups in total. The van der Waals surface area contributed by atoms with Gasteiger partial charge in [0.15, 0.2) is 0 Å². The van der Waals surface area contributed by atoms with Gasteiger partial charge in [0, 0.05) is 45.9 Å². The number of rotatable bonds is 7. The number of carbonyl (C=O) groups is 2. The second-order valence-corrected chi connectivity index (χ2v) is 8.03. The van der Waals surface area contributed by atoms with Crippen molar-refractivity contribution >= 4 is 11.8 Å². The maximum Gasteiger partial charge on any atom is 0.248 e. The van der Waals surface area contributed by atoms with Gasteiger partial charge < -0.3 is 14.5 Å². The third-order valence-corrected chi connectivity index (χ3v) is 5.95. The van der Waals surface area contributed by atoms with E-state index in [1.54, 1.807) is 17.0 Å². The molecule has 7 heteroatoms. The Bertz CT molecular complexity index is 668. The summed E-state index contributed by atoms with van der Waals surface area (Å²) in [6.07, 6.45) is 5.60. The number of piperazine rings is 1. The van der Waals surface area contributed by atoms with E-state index in [9.17, 15) is 14.0 Å². The van der Waals surface area contributed by atoms with Crippen molar-refractivity contribution in [2.75, 3.05) is 46.4 Å². The van der Waals surface area contributed by atoms with Gasteiger partial charge in [0.25, 0.3) is 0 Å². The minimum absolute atomic E-state index is 0.00128. The molecule has 2 fully saturated rings. The van der Waals surface area contributed by atoms with Crippen LogP contribution in [0, 0.1) is 5.82 Å². The largest absolute Gasteiger partial charge is 0.375 e. The SMILES string of the molecule is COCC(=O)N1CCN(CC(=O)N(Cc2ccc(F)cc2)C2CCCCC2)CC1. The first kappa shape index (κ1) is 21.7. The number of halogens is 1. The first-order valence-electron chi connectivity index (χ1n) is 10.6. The van der Waals surface area contributed by atoms with Crippen LogP contribution in [-0.2, 0) is 20.9 Å². The zero-order valence-electron chi connectivity index (χ0n) is 17.3. The van der Waals surface area contributed by atoms with Gasteiger partial charge in [-0.25, -0.2) is 4.39 Å². The molecule has 1 saturated heterocycles. The van der Waals surface area contributed by atoms with Gasteiger partial charge in [-0.1, -0.05) is 31.4 Å². The smallest absolute Gasteiger partial charge is 0.248 e. The lowest BCUT2D eigenvalue weighted by Crippen LogP contribution is -2.53. The molecule has 0 radical (unpaired) electrons. The molecule has 0 atom stereocenters. The van der Waals surface area contributed by atoms with E-state index in [-0.39, 0.29) is 30.3 Å². The monoisotopic (exact) mass is 405 g/mol. The minimum atomic E-state index is -0.259. The molecule has 1 aromatic rings. The summed E-state index contributed by atoms with van der Waals surface area (Å²) in [4.78, 5) is 31.1. The molecule has 0 unspecified atom stereocenters. The van der Waals surface area contributed by atoms with Crippen LogP contribution in [0.4, 0.5) is 4.39 Å². The molecule has 1 aromatic carbocycles. The molecule has 160 valence electrons. The first-order chi connectivity index (χ1) is 14.1. The number of ether oxygens (including phenoxy) is 1. The number of methoxy groups -OCH3 is 1. The fraction of sp³-hybridized carbons (Fsp3) is 0.636. The normalized spacial score (nSPS) is 18.6. The number of hydrogen-bond acceptors (Lipinski definition) is 4. The maximum absolute atomic E-state index is 13.3. The lowest BCUT2D eigenvalue weighted by atomic mass is 9.93. The molecule has 1 aliphatic carbocycles. The summed E-state index contributed by atoms with van der Waals surface area (Å²) in [5, 5.41) is 0. The molecule has 3 rings (SSSR count). The average molecular weight is 406 g/mol. The van der Waals surface area contributed by atoms with Crippen LogP contribution in [0.3, 0.4) is 0 Å². The van der Waals surface area contributed by atoms with Gasteiger partial charge in [-0.05, 0) is 30.5 Å². The summed E-state index contributed by atoms with van der Waals surface area (Å²) in [5.41, 5.74) is 0.959. The Labute approximate surface area is 172 Å². The summed E-state index contributed by atoms with van der Waals surface area (Å²) in [6.45, 7) is 3.62. The Kier molecular flexibility index (Phi) is 8.00. The lowest BCUT2D eigenvalue weighted by Gasteiger charge is -2.38. The van der Waals surface area contributed by atoms with Gasteiger partial charge in [-0.2, -0.15) is 0 Å². The molecule has 2 aliphatic rings. The van der Waals surface area contributed by atoms with Crippen molar-refractivity contribution in [3.05, 3.63) is 35.6 Å². The maximum atomic E-state index is 13.3. The standard InChI is InChI=1S/C22H32FN3O3/c1-29-17-22(28)25-13-11-24(12-14-25)16-21(27)26(20-5-3-2-4-6-20)15-18-7-9-19(23)10-8-18/h7-10,20H,2-6,11-17H2,1H3. The van der Waals surface area contributed by atoms with E-state index in [0.29, 0.717) is 39.3 Å². The summed E-state index contributed by atoms with van der Waals surface area (Å²) >= 11 is 0. The third-order valence-electron chi connectivity index (χ3n) is 5.95. The Hall–Kier alpha value is -1.99. The average Bonchev–Trinajstić information content (AvgIpc) is 2.74. The van der Waals surface area contributed by atoms with E-state index < -0.39 is 0 Å². The molecule has 29 heavy (non-hydrogen) atoms. The zero-order valence-corrected chi connectivity index (χ0v) is 17.3. The fourth-order valence-corrected chi connectivity index (χ4v) is 4.25. The van der Waals surface area contributed by atoms with E-state index >= 15 is 0 Å². The predicted molar refractivity (Wildman–Crippen MR) is 109 cm³/mol. The molecule has 2 amide bonds. The van der Waals surface area contributed by atoms with Gasteiger partial charge in [-0.15, -0.1) is 0 Å². The topological polar surface area (TPSA) is 53.1 Å². The van der Waals surface area contributed by atoms with Gasteiger partial charge in [0.1, 0.15) is 12.4 Å². The molecular weight excluding hydrogens is 373 g/mol. The van der Waals surface area contributed by atoms with Crippen LogP contribution in [0.15, 0.2) is 24.3 Å². The van der Waals surface area contributed by atoms with E-state index in [2.05, 4.69) is 4.90 Å². The number of carbonyl (C=O) groups excluding carboxylic acids is 2. The molecule has 0 spiro atoms.